The van der Waals surface area contributed by atoms with Crippen molar-refractivity contribution < 1.29 is 19.1 Å². The highest BCUT2D eigenvalue weighted by Gasteiger charge is 2.10. The fourth-order valence-corrected chi connectivity index (χ4v) is 1.92. The summed E-state index contributed by atoms with van der Waals surface area (Å²) in [7, 11) is 0. The van der Waals surface area contributed by atoms with E-state index in [2.05, 4.69) is 5.32 Å². The molecule has 2 aromatic rings. The lowest BCUT2D eigenvalue weighted by Gasteiger charge is -2.06. The number of carboxylic acids is 1. The molecule has 0 aliphatic rings. The van der Waals surface area contributed by atoms with E-state index in [-0.39, 0.29) is 11.1 Å². The van der Waals surface area contributed by atoms with Gasteiger partial charge in [-0.2, -0.15) is 0 Å². The first-order valence-corrected chi connectivity index (χ1v) is 6.43. The van der Waals surface area contributed by atoms with E-state index in [1.54, 1.807) is 24.3 Å². The first-order chi connectivity index (χ1) is 10.1. The average molecular weight is 287 g/mol. The molecule has 5 heteroatoms. The van der Waals surface area contributed by atoms with E-state index >= 15 is 0 Å². The quantitative estimate of drug-likeness (QED) is 0.888. The van der Waals surface area contributed by atoms with Gasteiger partial charge in [0.25, 0.3) is 5.91 Å². The molecule has 108 valence electrons. The van der Waals surface area contributed by atoms with Crippen LogP contribution in [0.1, 0.15) is 26.3 Å². The van der Waals surface area contributed by atoms with Crippen LogP contribution in [0, 0.1) is 5.82 Å². The van der Waals surface area contributed by atoms with E-state index in [0.717, 1.165) is 5.56 Å². The molecule has 0 heterocycles. The highest BCUT2D eigenvalue weighted by Crippen LogP contribution is 2.07. The number of hydrogen-bond donors (Lipinski definition) is 2. The zero-order valence-corrected chi connectivity index (χ0v) is 11.2. The number of hydrogen-bond acceptors (Lipinski definition) is 2. The van der Waals surface area contributed by atoms with Gasteiger partial charge in [0.05, 0.1) is 11.1 Å². The van der Waals surface area contributed by atoms with Crippen molar-refractivity contribution in [1.82, 2.24) is 5.32 Å². The summed E-state index contributed by atoms with van der Waals surface area (Å²) in [6, 6.07) is 12.2. The van der Waals surface area contributed by atoms with E-state index < -0.39 is 17.7 Å². The lowest BCUT2D eigenvalue weighted by molar-refractivity contribution is 0.0696. The number of rotatable bonds is 5. The van der Waals surface area contributed by atoms with Crippen LogP contribution in [-0.2, 0) is 6.42 Å². The monoisotopic (exact) mass is 287 g/mol. The Morgan fingerprint density at radius 2 is 1.86 bits per heavy atom. The maximum atomic E-state index is 13.4. The number of halogens is 1. The molecule has 0 bridgehead atoms. The van der Waals surface area contributed by atoms with Gasteiger partial charge in [-0.3, -0.25) is 4.79 Å². The first-order valence-electron chi connectivity index (χ1n) is 6.43. The van der Waals surface area contributed by atoms with E-state index in [1.807, 2.05) is 0 Å². The molecular formula is C16H14FNO3. The van der Waals surface area contributed by atoms with Gasteiger partial charge < -0.3 is 10.4 Å². The Labute approximate surface area is 121 Å². The molecule has 2 N–H and O–H groups in total. The summed E-state index contributed by atoms with van der Waals surface area (Å²) >= 11 is 0. The van der Waals surface area contributed by atoms with Gasteiger partial charge in [-0.1, -0.05) is 24.3 Å². The molecule has 0 spiro atoms. The molecule has 0 fully saturated rings. The minimum absolute atomic E-state index is 0.00298. The molecule has 0 aromatic heterocycles. The third-order valence-electron chi connectivity index (χ3n) is 2.99. The zero-order valence-electron chi connectivity index (χ0n) is 11.2. The Kier molecular flexibility index (Phi) is 4.66. The number of nitrogens with one attached hydrogen (secondary N) is 1. The number of carboxylic acid groups (broad SMARTS) is 1. The smallest absolute Gasteiger partial charge is 0.335 e. The third kappa shape index (κ3) is 3.89. The van der Waals surface area contributed by atoms with Crippen molar-refractivity contribution in [2.75, 3.05) is 6.54 Å². The van der Waals surface area contributed by atoms with E-state index in [4.69, 9.17) is 5.11 Å². The Bertz CT molecular complexity index is 670. The summed E-state index contributed by atoms with van der Waals surface area (Å²) in [5.74, 6) is -2.04. The molecule has 0 unspecified atom stereocenters. The molecular weight excluding hydrogens is 273 g/mol. The number of benzene rings is 2. The summed E-state index contributed by atoms with van der Waals surface area (Å²) in [4.78, 5) is 22.6. The summed E-state index contributed by atoms with van der Waals surface area (Å²) < 4.78 is 13.4. The fraction of sp³-hybridized carbons (Fsp3) is 0.125. The van der Waals surface area contributed by atoms with Crippen LogP contribution in [0.5, 0.6) is 0 Å². The van der Waals surface area contributed by atoms with Crippen molar-refractivity contribution in [1.29, 1.82) is 0 Å². The fourth-order valence-electron chi connectivity index (χ4n) is 1.92. The Balaban J connectivity index is 1.93. The maximum Gasteiger partial charge on any atom is 0.335 e. The van der Waals surface area contributed by atoms with Gasteiger partial charge in [-0.25, -0.2) is 9.18 Å². The SMILES string of the molecule is O=C(O)c1cccc(CCNC(=O)c2ccccc2F)c1. The number of carbonyl (C=O) groups excluding carboxylic acids is 1. The minimum atomic E-state index is -0.993. The molecule has 0 atom stereocenters. The van der Waals surface area contributed by atoms with Crippen LogP contribution in [0.15, 0.2) is 48.5 Å². The van der Waals surface area contributed by atoms with Gasteiger partial charge in [0.2, 0.25) is 0 Å². The van der Waals surface area contributed by atoms with Crippen molar-refractivity contribution in [3.8, 4) is 0 Å². The van der Waals surface area contributed by atoms with Crippen LogP contribution < -0.4 is 5.32 Å². The molecule has 21 heavy (non-hydrogen) atoms. The van der Waals surface area contributed by atoms with Crippen LogP contribution >= 0.6 is 0 Å². The summed E-state index contributed by atoms with van der Waals surface area (Å²) in [6.45, 7) is 0.302. The predicted octanol–water partition coefficient (Wildman–Crippen LogP) is 2.50. The normalized spacial score (nSPS) is 10.1. The van der Waals surface area contributed by atoms with Gasteiger partial charge in [0.1, 0.15) is 5.82 Å². The van der Waals surface area contributed by atoms with Crippen molar-refractivity contribution >= 4 is 11.9 Å². The van der Waals surface area contributed by atoms with Gasteiger partial charge in [-0.05, 0) is 36.2 Å². The molecule has 0 aliphatic carbocycles. The molecule has 2 rings (SSSR count). The minimum Gasteiger partial charge on any atom is -0.478 e. The van der Waals surface area contributed by atoms with E-state index in [1.165, 1.54) is 24.3 Å². The van der Waals surface area contributed by atoms with Crippen molar-refractivity contribution in [2.45, 2.75) is 6.42 Å². The number of amides is 1. The van der Waals surface area contributed by atoms with Gasteiger partial charge in [0, 0.05) is 6.54 Å². The molecule has 1 amide bonds. The summed E-state index contributed by atoms with van der Waals surface area (Å²) in [6.07, 6.45) is 0.474. The van der Waals surface area contributed by atoms with E-state index in [9.17, 15) is 14.0 Å². The highest BCUT2D eigenvalue weighted by molar-refractivity contribution is 5.94. The maximum absolute atomic E-state index is 13.4. The van der Waals surface area contributed by atoms with Crippen molar-refractivity contribution in [2.24, 2.45) is 0 Å². The van der Waals surface area contributed by atoms with E-state index in [0.29, 0.717) is 13.0 Å². The Morgan fingerprint density at radius 3 is 2.57 bits per heavy atom. The average Bonchev–Trinajstić information content (AvgIpc) is 2.48. The predicted molar refractivity (Wildman–Crippen MR) is 75.8 cm³/mol. The highest BCUT2D eigenvalue weighted by atomic mass is 19.1. The molecule has 0 radical (unpaired) electrons. The van der Waals surface area contributed by atoms with Crippen LogP contribution in [0.4, 0.5) is 4.39 Å². The van der Waals surface area contributed by atoms with Crippen LogP contribution in [0.2, 0.25) is 0 Å². The summed E-state index contributed by atoms with van der Waals surface area (Å²) in [5.41, 5.74) is 0.994. The molecule has 0 saturated carbocycles. The topological polar surface area (TPSA) is 66.4 Å². The second-order valence-electron chi connectivity index (χ2n) is 4.49. The lowest BCUT2D eigenvalue weighted by Crippen LogP contribution is -2.26. The molecule has 2 aromatic carbocycles. The number of aromatic carboxylic acids is 1. The second-order valence-corrected chi connectivity index (χ2v) is 4.49. The van der Waals surface area contributed by atoms with Gasteiger partial charge >= 0.3 is 5.97 Å². The molecule has 4 nitrogen and oxygen atoms in total. The standard InChI is InChI=1S/C16H14FNO3/c17-14-7-2-1-6-13(14)15(19)18-9-8-11-4-3-5-12(10-11)16(20)21/h1-7,10H,8-9H2,(H,18,19)(H,20,21). The molecule has 0 aliphatic heterocycles. The zero-order chi connectivity index (χ0) is 15.2. The summed E-state index contributed by atoms with van der Waals surface area (Å²) in [5, 5.41) is 11.5. The molecule has 0 saturated heterocycles. The van der Waals surface area contributed by atoms with Gasteiger partial charge in [0.15, 0.2) is 0 Å². The van der Waals surface area contributed by atoms with Gasteiger partial charge in [-0.15, -0.1) is 0 Å². The third-order valence-corrected chi connectivity index (χ3v) is 2.99. The van der Waals surface area contributed by atoms with Crippen LogP contribution in [-0.4, -0.2) is 23.5 Å². The Morgan fingerprint density at radius 1 is 1.10 bits per heavy atom. The van der Waals surface area contributed by atoms with Crippen molar-refractivity contribution in [3.05, 3.63) is 71.0 Å². The Hall–Kier alpha value is -2.69. The van der Waals surface area contributed by atoms with Crippen LogP contribution in [0.25, 0.3) is 0 Å². The second kappa shape index (κ2) is 6.65. The van der Waals surface area contributed by atoms with Crippen molar-refractivity contribution in [3.63, 3.8) is 0 Å². The lowest BCUT2D eigenvalue weighted by atomic mass is 10.1. The van der Waals surface area contributed by atoms with Crippen LogP contribution in [0.3, 0.4) is 0 Å². The number of carbonyl (C=O) groups is 2. The largest absolute Gasteiger partial charge is 0.478 e. The first kappa shape index (κ1) is 14.7.